The van der Waals surface area contributed by atoms with Gasteiger partial charge in [0.15, 0.2) is 0 Å². The molecule has 2 aliphatic heterocycles. The van der Waals surface area contributed by atoms with Gasteiger partial charge in [0.25, 0.3) is 5.91 Å². The Bertz CT molecular complexity index is 1240. The van der Waals surface area contributed by atoms with E-state index in [1.165, 1.54) is 17.7 Å². The first-order chi connectivity index (χ1) is 17.2. The maximum absolute atomic E-state index is 13.7. The molecule has 2 aromatic carbocycles. The molecule has 188 valence electrons. The average Bonchev–Trinajstić information content (AvgIpc) is 3.46. The Morgan fingerprint density at radius 1 is 0.944 bits per heavy atom. The van der Waals surface area contributed by atoms with Crippen molar-refractivity contribution < 1.29 is 18.7 Å². The fraction of sp³-hybridized carbons (Fsp3) is 0.393. The molecular formula is C28H31FN4O3. The van der Waals surface area contributed by atoms with Crippen LogP contribution < -0.4 is 0 Å². The second-order valence-electron chi connectivity index (χ2n) is 10.6. The van der Waals surface area contributed by atoms with E-state index in [1.54, 1.807) is 27.9 Å². The molecule has 0 radical (unpaired) electrons. The SMILES string of the molecule is CC(C)(C)OC(=O)N1CC(c2c(C(=O)N3CC[C@H](c4ccccc4)C3)cnn2-c2ccc(F)cc2)C1. The van der Waals surface area contributed by atoms with E-state index >= 15 is 0 Å². The number of likely N-dealkylation sites (tertiary alicyclic amines) is 2. The highest BCUT2D eigenvalue weighted by atomic mass is 19.1. The summed E-state index contributed by atoms with van der Waals surface area (Å²) >= 11 is 0. The fourth-order valence-corrected chi connectivity index (χ4v) is 4.94. The molecule has 3 aromatic rings. The monoisotopic (exact) mass is 490 g/mol. The van der Waals surface area contributed by atoms with Crippen molar-refractivity contribution in [2.75, 3.05) is 26.2 Å². The zero-order chi connectivity index (χ0) is 25.4. The number of hydrogen-bond donors (Lipinski definition) is 0. The van der Waals surface area contributed by atoms with E-state index in [0.717, 1.165) is 12.1 Å². The van der Waals surface area contributed by atoms with Crippen molar-refractivity contribution >= 4 is 12.0 Å². The third kappa shape index (κ3) is 4.85. The van der Waals surface area contributed by atoms with E-state index in [4.69, 9.17) is 4.74 Å². The van der Waals surface area contributed by atoms with Gasteiger partial charge < -0.3 is 14.5 Å². The molecule has 1 atom stereocenters. The summed E-state index contributed by atoms with van der Waals surface area (Å²) < 4.78 is 20.8. The van der Waals surface area contributed by atoms with Gasteiger partial charge in [0.05, 0.1) is 23.1 Å². The highest BCUT2D eigenvalue weighted by Gasteiger charge is 2.40. The van der Waals surface area contributed by atoms with Crippen LogP contribution in [-0.4, -0.2) is 63.4 Å². The van der Waals surface area contributed by atoms with Crippen molar-refractivity contribution in [3.8, 4) is 5.69 Å². The summed E-state index contributed by atoms with van der Waals surface area (Å²) in [6, 6.07) is 16.3. The minimum atomic E-state index is -0.579. The second kappa shape index (κ2) is 9.41. The summed E-state index contributed by atoms with van der Waals surface area (Å²) in [5.41, 5.74) is 2.60. The van der Waals surface area contributed by atoms with Crippen LogP contribution in [-0.2, 0) is 4.74 Å². The number of aromatic nitrogens is 2. The normalized spacial score (nSPS) is 18.3. The average molecular weight is 491 g/mol. The van der Waals surface area contributed by atoms with Crippen molar-refractivity contribution in [1.29, 1.82) is 0 Å². The topological polar surface area (TPSA) is 67.7 Å². The van der Waals surface area contributed by atoms with Crippen LogP contribution in [0.5, 0.6) is 0 Å². The van der Waals surface area contributed by atoms with Crippen molar-refractivity contribution in [3.05, 3.63) is 83.4 Å². The minimum absolute atomic E-state index is 0.0625. The van der Waals surface area contributed by atoms with Crippen LogP contribution in [0.4, 0.5) is 9.18 Å². The van der Waals surface area contributed by atoms with Crippen LogP contribution in [0.15, 0.2) is 60.8 Å². The van der Waals surface area contributed by atoms with Gasteiger partial charge in [-0.25, -0.2) is 13.9 Å². The number of carbonyl (C=O) groups is 2. The van der Waals surface area contributed by atoms with Gasteiger partial charge >= 0.3 is 6.09 Å². The Balaban J connectivity index is 1.40. The van der Waals surface area contributed by atoms with Gasteiger partial charge in [-0.1, -0.05) is 30.3 Å². The number of carbonyl (C=O) groups excluding carboxylic acids is 2. The number of rotatable bonds is 4. The van der Waals surface area contributed by atoms with Crippen LogP contribution in [0, 0.1) is 5.82 Å². The molecule has 2 aliphatic rings. The Hall–Kier alpha value is -3.68. The van der Waals surface area contributed by atoms with Crippen molar-refractivity contribution in [2.45, 2.75) is 44.6 Å². The molecule has 0 bridgehead atoms. The molecule has 2 fully saturated rings. The Labute approximate surface area is 210 Å². The Morgan fingerprint density at radius 3 is 2.28 bits per heavy atom. The number of halogens is 1. The Kier molecular flexibility index (Phi) is 6.28. The molecule has 2 saturated heterocycles. The number of ether oxygens (including phenoxy) is 1. The molecule has 3 heterocycles. The van der Waals surface area contributed by atoms with E-state index in [-0.39, 0.29) is 23.7 Å². The van der Waals surface area contributed by atoms with E-state index in [9.17, 15) is 14.0 Å². The summed E-state index contributed by atoms with van der Waals surface area (Å²) in [6.45, 7) is 7.68. The van der Waals surface area contributed by atoms with Gasteiger partial charge in [0, 0.05) is 38.0 Å². The molecule has 1 aromatic heterocycles. The van der Waals surface area contributed by atoms with Crippen molar-refractivity contribution in [3.63, 3.8) is 0 Å². The minimum Gasteiger partial charge on any atom is -0.444 e. The lowest BCUT2D eigenvalue weighted by Crippen LogP contribution is -2.51. The van der Waals surface area contributed by atoms with Crippen LogP contribution in [0.2, 0.25) is 0 Å². The summed E-state index contributed by atoms with van der Waals surface area (Å²) in [6.07, 6.45) is 2.14. The van der Waals surface area contributed by atoms with E-state index in [2.05, 4.69) is 17.2 Å². The molecule has 2 amide bonds. The summed E-state index contributed by atoms with van der Waals surface area (Å²) in [5.74, 6) is -0.186. The first-order valence-corrected chi connectivity index (χ1v) is 12.4. The zero-order valence-electron chi connectivity index (χ0n) is 20.9. The van der Waals surface area contributed by atoms with Gasteiger partial charge in [0.1, 0.15) is 11.4 Å². The molecule has 0 N–H and O–H groups in total. The van der Waals surface area contributed by atoms with E-state index < -0.39 is 5.60 Å². The predicted octanol–water partition coefficient (Wildman–Crippen LogP) is 4.98. The highest BCUT2D eigenvalue weighted by molar-refractivity contribution is 5.96. The van der Waals surface area contributed by atoms with Gasteiger partial charge in [-0.3, -0.25) is 4.79 Å². The number of hydrogen-bond acceptors (Lipinski definition) is 4. The Morgan fingerprint density at radius 2 is 1.61 bits per heavy atom. The predicted molar refractivity (Wildman–Crippen MR) is 134 cm³/mol. The third-order valence-corrected chi connectivity index (χ3v) is 6.77. The summed E-state index contributed by atoms with van der Waals surface area (Å²) in [5, 5.41) is 4.53. The molecule has 0 aliphatic carbocycles. The summed E-state index contributed by atoms with van der Waals surface area (Å²) in [4.78, 5) is 29.7. The number of benzene rings is 2. The second-order valence-corrected chi connectivity index (χ2v) is 10.6. The highest BCUT2D eigenvalue weighted by Crippen LogP contribution is 2.34. The molecule has 0 spiro atoms. The van der Waals surface area contributed by atoms with Gasteiger partial charge in [0.2, 0.25) is 0 Å². The first-order valence-electron chi connectivity index (χ1n) is 12.4. The maximum Gasteiger partial charge on any atom is 0.410 e. The summed E-state index contributed by atoms with van der Waals surface area (Å²) in [7, 11) is 0. The van der Waals surface area contributed by atoms with Gasteiger partial charge in [-0.2, -0.15) is 5.10 Å². The molecule has 7 nitrogen and oxygen atoms in total. The molecule has 0 saturated carbocycles. The molecule has 5 rings (SSSR count). The standard InChI is InChI=1S/C28H31FN4O3/c1-28(2,3)36-27(35)32-17-21(18-32)25-24(15-30-33(25)23-11-9-22(29)10-12-23)26(34)31-14-13-20(16-31)19-7-5-4-6-8-19/h4-12,15,20-21H,13-14,16-18H2,1-3H3/t20-/m0/s1. The lowest BCUT2D eigenvalue weighted by molar-refractivity contribution is 0.00763. The third-order valence-electron chi connectivity index (χ3n) is 6.77. The van der Waals surface area contributed by atoms with Crippen molar-refractivity contribution in [1.82, 2.24) is 19.6 Å². The zero-order valence-corrected chi connectivity index (χ0v) is 20.9. The van der Waals surface area contributed by atoms with Gasteiger partial charge in [-0.05, 0) is 57.0 Å². The van der Waals surface area contributed by atoms with Gasteiger partial charge in [-0.15, -0.1) is 0 Å². The number of nitrogens with zero attached hydrogens (tertiary/aromatic N) is 4. The molecule has 8 heteroatoms. The lowest BCUT2D eigenvalue weighted by Gasteiger charge is -2.40. The number of amides is 2. The maximum atomic E-state index is 13.7. The van der Waals surface area contributed by atoms with E-state index in [1.807, 2.05) is 43.9 Å². The fourth-order valence-electron chi connectivity index (χ4n) is 4.94. The largest absolute Gasteiger partial charge is 0.444 e. The first kappa shape index (κ1) is 24.0. The van der Waals surface area contributed by atoms with Crippen LogP contribution in [0.3, 0.4) is 0 Å². The molecule has 0 unspecified atom stereocenters. The van der Waals surface area contributed by atoms with Crippen LogP contribution in [0.1, 0.15) is 60.6 Å². The smallest absolute Gasteiger partial charge is 0.410 e. The molecule has 36 heavy (non-hydrogen) atoms. The lowest BCUT2D eigenvalue weighted by atomic mass is 9.93. The quantitative estimate of drug-likeness (QED) is 0.518. The van der Waals surface area contributed by atoms with E-state index in [0.29, 0.717) is 43.3 Å². The van der Waals surface area contributed by atoms with Crippen LogP contribution in [0.25, 0.3) is 5.69 Å². The molecular weight excluding hydrogens is 459 g/mol. The van der Waals surface area contributed by atoms with Crippen molar-refractivity contribution in [2.24, 2.45) is 0 Å². The van der Waals surface area contributed by atoms with Crippen LogP contribution >= 0.6 is 0 Å².